The van der Waals surface area contributed by atoms with Crippen molar-refractivity contribution in [1.82, 2.24) is 15.0 Å². The Morgan fingerprint density at radius 2 is 1.85 bits per heavy atom. The third kappa shape index (κ3) is 5.43. The van der Waals surface area contributed by atoms with Crippen molar-refractivity contribution in [2.24, 2.45) is 0 Å². The molecule has 0 N–H and O–H groups in total. The van der Waals surface area contributed by atoms with Crippen molar-refractivity contribution in [3.8, 4) is 17.3 Å². The Labute approximate surface area is 197 Å². The van der Waals surface area contributed by atoms with E-state index in [2.05, 4.69) is 16.4 Å². The first-order valence-corrected chi connectivity index (χ1v) is 10.7. The van der Waals surface area contributed by atoms with E-state index >= 15 is 0 Å². The molecule has 0 unspecified atom stereocenters. The van der Waals surface area contributed by atoms with Crippen LogP contribution < -0.4 is 4.90 Å². The molecule has 0 aliphatic carbocycles. The predicted octanol–water partition coefficient (Wildman–Crippen LogP) is 5.20. The van der Waals surface area contributed by atoms with Crippen LogP contribution in [0.3, 0.4) is 0 Å². The van der Waals surface area contributed by atoms with Gasteiger partial charge in [-0.05, 0) is 41.5 Å². The number of aromatic nitrogens is 3. The van der Waals surface area contributed by atoms with Crippen LogP contribution in [0, 0.1) is 17.1 Å². The second-order valence-electron chi connectivity index (χ2n) is 7.71. The molecule has 0 aliphatic heterocycles. The van der Waals surface area contributed by atoms with Gasteiger partial charge in [0.15, 0.2) is 0 Å². The van der Waals surface area contributed by atoms with Gasteiger partial charge in [0.2, 0.25) is 5.91 Å². The van der Waals surface area contributed by atoms with Crippen LogP contribution in [0.15, 0.2) is 85.1 Å². The van der Waals surface area contributed by atoms with Gasteiger partial charge in [-0.3, -0.25) is 9.48 Å². The fourth-order valence-corrected chi connectivity index (χ4v) is 3.48. The lowest BCUT2D eigenvalue weighted by atomic mass is 10.0. The summed E-state index contributed by atoms with van der Waals surface area (Å²) in [7, 11) is 1.75. The van der Waals surface area contributed by atoms with Gasteiger partial charge < -0.3 is 4.90 Å². The fourth-order valence-electron chi connectivity index (χ4n) is 3.48. The molecule has 0 radical (unpaired) electrons. The summed E-state index contributed by atoms with van der Waals surface area (Å²) in [4.78, 5) is 14.1. The first-order valence-electron chi connectivity index (χ1n) is 10.7. The van der Waals surface area contributed by atoms with Gasteiger partial charge in [-0.2, -0.15) is 5.26 Å². The molecule has 34 heavy (non-hydrogen) atoms. The van der Waals surface area contributed by atoms with E-state index in [1.807, 2.05) is 54.6 Å². The smallest absolute Gasteiger partial charge is 0.228 e. The quantitative estimate of drug-likeness (QED) is 0.286. The summed E-state index contributed by atoms with van der Waals surface area (Å²) in [6.07, 6.45) is 3.74. The number of hydrogen-bond donors (Lipinski definition) is 0. The molecular weight excluding hydrogens is 429 g/mol. The Bertz CT molecular complexity index is 1350. The Morgan fingerprint density at radius 1 is 1.09 bits per heavy atom. The molecule has 0 spiro atoms. The minimum atomic E-state index is -0.349. The molecule has 0 fully saturated rings. The Balaban J connectivity index is 1.41. The van der Waals surface area contributed by atoms with E-state index in [1.165, 1.54) is 12.1 Å². The number of carbonyl (C=O) groups excluding carboxylic acids is 1. The first kappa shape index (κ1) is 22.6. The number of allylic oxidation sites excluding steroid dienone is 1. The third-order valence-corrected chi connectivity index (χ3v) is 5.38. The average molecular weight is 452 g/mol. The van der Waals surface area contributed by atoms with Crippen molar-refractivity contribution in [3.05, 3.63) is 102 Å². The zero-order chi connectivity index (χ0) is 23.9. The molecule has 6 nitrogen and oxygen atoms in total. The van der Waals surface area contributed by atoms with Crippen LogP contribution in [-0.2, 0) is 11.3 Å². The van der Waals surface area contributed by atoms with Gasteiger partial charge in [0.05, 0.1) is 24.4 Å². The minimum Gasteiger partial charge on any atom is -0.315 e. The maximum Gasteiger partial charge on any atom is 0.228 e. The molecule has 0 atom stereocenters. The molecular formula is C27H22FN5O. The summed E-state index contributed by atoms with van der Waals surface area (Å²) >= 11 is 0. The molecule has 0 saturated carbocycles. The third-order valence-electron chi connectivity index (χ3n) is 5.38. The van der Waals surface area contributed by atoms with Gasteiger partial charge in [0.1, 0.15) is 11.5 Å². The molecule has 4 rings (SSSR count). The molecule has 1 aromatic heterocycles. The Morgan fingerprint density at radius 3 is 2.56 bits per heavy atom. The number of aryl methyl sites for hydroxylation is 1. The number of nitrogens with zero attached hydrogens (tertiary/aromatic N) is 5. The van der Waals surface area contributed by atoms with E-state index in [0.29, 0.717) is 29.8 Å². The van der Waals surface area contributed by atoms with Gasteiger partial charge in [-0.25, -0.2) is 4.39 Å². The van der Waals surface area contributed by atoms with E-state index in [9.17, 15) is 14.4 Å². The summed E-state index contributed by atoms with van der Waals surface area (Å²) in [5.41, 5.74) is 4.12. The van der Waals surface area contributed by atoms with Crippen LogP contribution >= 0.6 is 0 Å². The largest absolute Gasteiger partial charge is 0.315 e. The molecule has 0 bridgehead atoms. The summed E-state index contributed by atoms with van der Waals surface area (Å²) in [5.74, 6) is -0.361. The maximum absolute atomic E-state index is 13.4. The second kappa shape index (κ2) is 10.4. The Kier molecular flexibility index (Phi) is 6.89. The number of hydrogen-bond acceptors (Lipinski definition) is 4. The van der Waals surface area contributed by atoms with Crippen LogP contribution in [-0.4, -0.2) is 27.9 Å². The average Bonchev–Trinajstić information content (AvgIpc) is 3.35. The number of nitriles is 1. The number of amides is 1. The Hall–Kier alpha value is -4.57. The van der Waals surface area contributed by atoms with Crippen molar-refractivity contribution in [2.75, 3.05) is 11.9 Å². The number of anilines is 1. The lowest BCUT2D eigenvalue weighted by Crippen LogP contribution is -2.27. The lowest BCUT2D eigenvalue weighted by molar-refractivity contribution is -0.118. The maximum atomic E-state index is 13.4. The monoisotopic (exact) mass is 451 g/mol. The van der Waals surface area contributed by atoms with Gasteiger partial charge in [-0.1, -0.05) is 59.8 Å². The molecule has 1 heterocycles. The van der Waals surface area contributed by atoms with Gasteiger partial charge in [0, 0.05) is 24.7 Å². The van der Waals surface area contributed by atoms with Crippen molar-refractivity contribution in [1.29, 1.82) is 5.26 Å². The number of rotatable bonds is 7. The van der Waals surface area contributed by atoms with Crippen LogP contribution in [0.2, 0.25) is 0 Å². The molecule has 7 heteroatoms. The molecule has 3 aromatic carbocycles. The highest BCUT2D eigenvalue weighted by Crippen LogP contribution is 2.23. The van der Waals surface area contributed by atoms with E-state index in [1.54, 1.807) is 41.0 Å². The van der Waals surface area contributed by atoms with Gasteiger partial charge in [0.25, 0.3) is 0 Å². The lowest BCUT2D eigenvalue weighted by Gasteiger charge is -2.16. The zero-order valence-electron chi connectivity index (χ0n) is 18.6. The highest BCUT2D eigenvalue weighted by atomic mass is 19.1. The summed E-state index contributed by atoms with van der Waals surface area (Å²) < 4.78 is 15.1. The van der Waals surface area contributed by atoms with E-state index < -0.39 is 0 Å². The van der Waals surface area contributed by atoms with E-state index in [0.717, 1.165) is 16.8 Å². The highest BCUT2D eigenvalue weighted by Gasteiger charge is 2.12. The molecule has 0 aliphatic rings. The first-order chi connectivity index (χ1) is 16.5. The van der Waals surface area contributed by atoms with E-state index in [-0.39, 0.29) is 11.7 Å². The highest BCUT2D eigenvalue weighted by molar-refractivity contribution is 5.92. The van der Waals surface area contributed by atoms with Crippen LogP contribution in [0.1, 0.15) is 17.5 Å². The number of carbonyl (C=O) groups is 1. The predicted molar refractivity (Wildman–Crippen MR) is 130 cm³/mol. The fraction of sp³-hybridized carbons (Fsp3) is 0.111. The van der Waals surface area contributed by atoms with E-state index in [4.69, 9.17) is 0 Å². The van der Waals surface area contributed by atoms with Crippen molar-refractivity contribution >= 4 is 23.2 Å². The SMILES string of the molecule is CN(C(=O)CCn1cc(-c2ccc(/C(C#N)=C/c3cccc(F)c3)cc2)nn1)c1ccccc1. The summed E-state index contributed by atoms with van der Waals surface area (Å²) in [5, 5.41) is 17.9. The van der Waals surface area contributed by atoms with Crippen LogP contribution in [0.4, 0.5) is 10.1 Å². The molecule has 0 saturated heterocycles. The van der Waals surface area contributed by atoms with Crippen LogP contribution in [0.25, 0.3) is 22.9 Å². The molecule has 1 amide bonds. The molecule has 168 valence electrons. The van der Waals surface area contributed by atoms with Crippen molar-refractivity contribution < 1.29 is 9.18 Å². The topological polar surface area (TPSA) is 74.8 Å². The van der Waals surface area contributed by atoms with Gasteiger partial charge >= 0.3 is 0 Å². The van der Waals surface area contributed by atoms with Gasteiger partial charge in [-0.15, -0.1) is 5.10 Å². The van der Waals surface area contributed by atoms with Crippen molar-refractivity contribution in [3.63, 3.8) is 0 Å². The molecule has 4 aromatic rings. The number of benzene rings is 3. The zero-order valence-corrected chi connectivity index (χ0v) is 18.6. The standard InChI is InChI=1S/C27H22FN5O/c1-32(25-8-3-2-4-9-25)27(34)14-15-33-19-26(30-31-33)22-12-10-21(11-13-22)23(18-29)16-20-6-5-7-24(28)17-20/h2-13,16-17,19H,14-15H2,1H3/b23-16+. The number of halogens is 1. The normalized spacial score (nSPS) is 11.1. The minimum absolute atomic E-state index is 0.0123. The number of para-hydroxylation sites is 1. The van der Waals surface area contributed by atoms with Crippen LogP contribution in [0.5, 0.6) is 0 Å². The summed E-state index contributed by atoms with van der Waals surface area (Å²) in [6.45, 7) is 0.413. The second-order valence-corrected chi connectivity index (χ2v) is 7.71. The van der Waals surface area contributed by atoms with Crippen molar-refractivity contribution in [2.45, 2.75) is 13.0 Å². The summed E-state index contributed by atoms with van der Waals surface area (Å²) in [6, 6.07) is 25.1.